The van der Waals surface area contributed by atoms with Crippen LogP contribution in [0, 0.1) is 5.82 Å². The van der Waals surface area contributed by atoms with E-state index in [0.29, 0.717) is 0 Å². The second kappa shape index (κ2) is 9.32. The fourth-order valence-electron chi connectivity index (χ4n) is 3.81. The Balaban J connectivity index is 2.12. The molecule has 2 aromatic carbocycles. The zero-order valence-corrected chi connectivity index (χ0v) is 17.4. The number of fused-ring (bicyclic) bond motifs is 1. The van der Waals surface area contributed by atoms with Gasteiger partial charge in [-0.1, -0.05) is 18.2 Å². The van der Waals surface area contributed by atoms with Crippen LogP contribution in [0.3, 0.4) is 0 Å². The molecule has 1 heterocycles. The van der Waals surface area contributed by atoms with E-state index in [1.165, 1.54) is 18.2 Å². The van der Waals surface area contributed by atoms with Gasteiger partial charge in [0.15, 0.2) is 0 Å². The molecule has 3 aromatic rings. The lowest BCUT2D eigenvalue weighted by atomic mass is 10.0. The van der Waals surface area contributed by atoms with Gasteiger partial charge in [-0.2, -0.15) is 0 Å². The quantitative estimate of drug-likeness (QED) is 0.428. The van der Waals surface area contributed by atoms with E-state index in [2.05, 4.69) is 0 Å². The van der Waals surface area contributed by atoms with Gasteiger partial charge in [-0.05, 0) is 55.8 Å². The van der Waals surface area contributed by atoms with Gasteiger partial charge in [0.2, 0.25) is 0 Å². The SMILES string of the molecule is CC(C)n1c(/C=C/C(O)CC(O)CC(=O)O)c(-c2ccc(F)cc2)c2cc(O)ccc21. The molecule has 0 saturated heterocycles. The zero-order chi connectivity index (χ0) is 22.7. The number of aromatic nitrogens is 1. The van der Waals surface area contributed by atoms with E-state index in [1.807, 2.05) is 24.5 Å². The Kier molecular flexibility index (Phi) is 6.77. The maximum absolute atomic E-state index is 13.5. The van der Waals surface area contributed by atoms with Crippen molar-refractivity contribution in [3.8, 4) is 16.9 Å². The fraction of sp³-hybridized carbons (Fsp3) is 0.292. The summed E-state index contributed by atoms with van der Waals surface area (Å²) in [7, 11) is 0. The lowest BCUT2D eigenvalue weighted by Crippen LogP contribution is -2.19. The number of phenols is 1. The first-order chi connectivity index (χ1) is 14.7. The Morgan fingerprint density at radius 2 is 1.81 bits per heavy atom. The number of carbonyl (C=O) groups is 1. The number of aromatic hydroxyl groups is 1. The molecule has 4 N–H and O–H groups in total. The van der Waals surface area contributed by atoms with Crippen molar-refractivity contribution in [3.05, 3.63) is 60.1 Å². The molecule has 7 heteroatoms. The number of hydrogen-bond acceptors (Lipinski definition) is 4. The number of aliphatic carboxylic acids is 1. The summed E-state index contributed by atoms with van der Waals surface area (Å²) in [6.45, 7) is 4.01. The predicted molar refractivity (Wildman–Crippen MR) is 117 cm³/mol. The van der Waals surface area contributed by atoms with Gasteiger partial charge in [0.05, 0.1) is 18.6 Å². The van der Waals surface area contributed by atoms with Crippen LogP contribution >= 0.6 is 0 Å². The number of nitrogens with zero attached hydrogens (tertiary/aromatic N) is 1. The van der Waals surface area contributed by atoms with Crippen molar-refractivity contribution in [1.29, 1.82) is 0 Å². The lowest BCUT2D eigenvalue weighted by Gasteiger charge is -2.15. The fourth-order valence-corrected chi connectivity index (χ4v) is 3.81. The highest BCUT2D eigenvalue weighted by Gasteiger charge is 2.20. The topological polar surface area (TPSA) is 103 Å². The minimum atomic E-state index is -1.17. The number of aliphatic hydroxyl groups excluding tert-OH is 2. The van der Waals surface area contributed by atoms with E-state index >= 15 is 0 Å². The van der Waals surface area contributed by atoms with Gasteiger partial charge >= 0.3 is 5.97 Å². The van der Waals surface area contributed by atoms with Crippen LogP contribution in [0.2, 0.25) is 0 Å². The van der Waals surface area contributed by atoms with E-state index in [1.54, 1.807) is 30.3 Å². The smallest absolute Gasteiger partial charge is 0.305 e. The van der Waals surface area contributed by atoms with E-state index in [0.717, 1.165) is 27.7 Å². The van der Waals surface area contributed by atoms with Crippen molar-refractivity contribution < 1.29 is 29.6 Å². The molecule has 0 spiro atoms. The van der Waals surface area contributed by atoms with Gasteiger partial charge in [0.1, 0.15) is 11.6 Å². The molecule has 0 bridgehead atoms. The highest BCUT2D eigenvalue weighted by molar-refractivity contribution is 6.01. The molecule has 31 heavy (non-hydrogen) atoms. The molecule has 0 saturated carbocycles. The standard InChI is InChI=1S/C24H26FNO5/c1-14(2)26-21-9-7-18(28)12-20(21)24(15-3-5-16(25)6-4-15)22(26)10-8-17(27)11-19(29)13-23(30)31/h3-10,12,14,17,19,27-29H,11,13H2,1-2H3,(H,30,31)/b10-8+. The molecular weight excluding hydrogens is 401 g/mol. The van der Waals surface area contributed by atoms with Crippen molar-refractivity contribution in [3.63, 3.8) is 0 Å². The Morgan fingerprint density at radius 1 is 1.13 bits per heavy atom. The van der Waals surface area contributed by atoms with Crippen molar-refractivity contribution in [2.45, 2.75) is 44.9 Å². The van der Waals surface area contributed by atoms with Crippen molar-refractivity contribution in [2.24, 2.45) is 0 Å². The lowest BCUT2D eigenvalue weighted by molar-refractivity contribution is -0.139. The molecule has 2 atom stereocenters. The Bertz CT molecular complexity index is 1100. The maximum atomic E-state index is 13.5. The normalized spacial score (nSPS) is 13.9. The van der Waals surface area contributed by atoms with Crippen LogP contribution in [0.1, 0.15) is 38.4 Å². The minimum Gasteiger partial charge on any atom is -0.508 e. The first-order valence-electron chi connectivity index (χ1n) is 10.1. The third-order valence-electron chi connectivity index (χ3n) is 5.07. The molecule has 6 nitrogen and oxygen atoms in total. The van der Waals surface area contributed by atoms with Crippen LogP contribution in [-0.4, -0.2) is 43.2 Å². The van der Waals surface area contributed by atoms with Crippen molar-refractivity contribution in [1.82, 2.24) is 4.57 Å². The Labute approximate surface area is 179 Å². The third kappa shape index (κ3) is 5.13. The average Bonchev–Trinajstić information content (AvgIpc) is 2.99. The number of aliphatic hydroxyl groups is 2. The molecule has 3 rings (SSSR count). The summed E-state index contributed by atoms with van der Waals surface area (Å²) >= 11 is 0. The summed E-state index contributed by atoms with van der Waals surface area (Å²) in [6, 6.07) is 11.1. The molecule has 0 aliphatic rings. The molecule has 0 radical (unpaired) electrons. The molecule has 164 valence electrons. The van der Waals surface area contributed by atoms with Crippen LogP contribution < -0.4 is 0 Å². The minimum absolute atomic E-state index is 0.0376. The predicted octanol–water partition coefficient (Wildman–Crippen LogP) is 4.33. The molecule has 0 aliphatic heterocycles. The van der Waals surface area contributed by atoms with Gasteiger partial charge in [-0.25, -0.2) is 4.39 Å². The summed E-state index contributed by atoms with van der Waals surface area (Å²) in [5, 5.41) is 39.7. The first kappa shape index (κ1) is 22.5. The van der Waals surface area contributed by atoms with Gasteiger partial charge in [-0.15, -0.1) is 0 Å². The number of carboxylic acids is 1. The summed E-state index contributed by atoms with van der Waals surface area (Å²) in [4.78, 5) is 10.7. The number of rotatable bonds is 8. The first-order valence-corrected chi connectivity index (χ1v) is 10.1. The summed E-state index contributed by atoms with van der Waals surface area (Å²) in [5.74, 6) is -1.40. The van der Waals surface area contributed by atoms with E-state index in [-0.39, 0.29) is 24.0 Å². The van der Waals surface area contributed by atoms with Crippen molar-refractivity contribution in [2.75, 3.05) is 0 Å². The van der Waals surface area contributed by atoms with E-state index in [4.69, 9.17) is 5.11 Å². The number of phenolic OH excluding ortho intramolecular Hbond substituents is 1. The molecule has 0 aliphatic carbocycles. The molecule has 1 aromatic heterocycles. The number of halogens is 1. The van der Waals surface area contributed by atoms with E-state index in [9.17, 15) is 24.5 Å². The zero-order valence-electron chi connectivity index (χ0n) is 17.4. The largest absolute Gasteiger partial charge is 0.508 e. The number of hydrogen-bond donors (Lipinski definition) is 4. The third-order valence-corrected chi connectivity index (χ3v) is 5.07. The van der Waals surface area contributed by atoms with Gasteiger partial charge in [-0.3, -0.25) is 4.79 Å². The Hall–Kier alpha value is -3.16. The van der Waals surface area contributed by atoms with E-state index < -0.39 is 24.6 Å². The second-order valence-electron chi connectivity index (χ2n) is 7.85. The summed E-state index contributed by atoms with van der Waals surface area (Å²) in [5.41, 5.74) is 3.13. The highest BCUT2D eigenvalue weighted by Crippen LogP contribution is 2.39. The molecular formula is C24H26FNO5. The van der Waals surface area contributed by atoms with Gasteiger partial charge in [0, 0.05) is 34.6 Å². The van der Waals surface area contributed by atoms with Crippen molar-refractivity contribution >= 4 is 22.9 Å². The average molecular weight is 427 g/mol. The Morgan fingerprint density at radius 3 is 2.42 bits per heavy atom. The van der Waals surface area contributed by atoms with Crippen LogP contribution in [0.15, 0.2) is 48.5 Å². The van der Waals surface area contributed by atoms with Gasteiger partial charge < -0.3 is 25.0 Å². The monoisotopic (exact) mass is 427 g/mol. The molecule has 0 fully saturated rings. The summed E-state index contributed by atoms with van der Waals surface area (Å²) < 4.78 is 15.6. The highest BCUT2D eigenvalue weighted by atomic mass is 19.1. The number of carboxylic acid groups (broad SMARTS) is 1. The maximum Gasteiger partial charge on any atom is 0.305 e. The van der Waals surface area contributed by atoms with Crippen LogP contribution in [0.5, 0.6) is 5.75 Å². The molecule has 0 amide bonds. The summed E-state index contributed by atoms with van der Waals surface area (Å²) in [6.07, 6.45) is 0.442. The van der Waals surface area contributed by atoms with Crippen LogP contribution in [0.4, 0.5) is 4.39 Å². The number of benzene rings is 2. The van der Waals surface area contributed by atoms with Gasteiger partial charge in [0.25, 0.3) is 0 Å². The van der Waals surface area contributed by atoms with Crippen LogP contribution in [-0.2, 0) is 4.79 Å². The van der Waals surface area contributed by atoms with Crippen LogP contribution in [0.25, 0.3) is 28.1 Å². The molecule has 2 unspecified atom stereocenters. The second-order valence-corrected chi connectivity index (χ2v) is 7.85.